The van der Waals surface area contributed by atoms with E-state index in [0.717, 1.165) is 11.8 Å². The predicted molar refractivity (Wildman–Crippen MR) is 101 cm³/mol. The summed E-state index contributed by atoms with van der Waals surface area (Å²) in [6.45, 7) is 3.09. The van der Waals surface area contributed by atoms with Gasteiger partial charge in [-0.25, -0.2) is 0 Å². The second-order valence-electron chi connectivity index (χ2n) is 6.64. The van der Waals surface area contributed by atoms with Crippen molar-refractivity contribution in [3.63, 3.8) is 0 Å². The zero-order valence-corrected chi connectivity index (χ0v) is 16.1. The van der Waals surface area contributed by atoms with Crippen molar-refractivity contribution in [1.82, 2.24) is 9.13 Å². The Balaban J connectivity index is 1.91. The van der Waals surface area contributed by atoms with E-state index < -0.39 is 29.8 Å². The molecular weight excluding hydrogens is 401 g/mol. The number of rotatable bonds is 5. The fourth-order valence-electron chi connectivity index (χ4n) is 3.04. The first kappa shape index (κ1) is 21.0. The zero-order valence-electron chi connectivity index (χ0n) is 16.1. The van der Waals surface area contributed by atoms with Crippen LogP contribution in [0.3, 0.4) is 0 Å². The van der Waals surface area contributed by atoms with Gasteiger partial charge in [-0.3, -0.25) is 9.59 Å². The van der Waals surface area contributed by atoms with Crippen molar-refractivity contribution in [1.29, 1.82) is 5.26 Å². The van der Waals surface area contributed by atoms with Crippen LogP contribution in [0.4, 0.5) is 19.0 Å². The van der Waals surface area contributed by atoms with Gasteiger partial charge in [0, 0.05) is 18.0 Å². The van der Waals surface area contributed by atoms with E-state index in [1.165, 1.54) is 6.26 Å². The summed E-state index contributed by atoms with van der Waals surface area (Å²) in [7, 11) is 0. The van der Waals surface area contributed by atoms with Gasteiger partial charge in [0.15, 0.2) is 0 Å². The molecule has 0 aromatic carbocycles. The number of anilines is 1. The van der Waals surface area contributed by atoms with Crippen molar-refractivity contribution in [2.45, 2.75) is 33.1 Å². The Bertz CT molecular complexity index is 1180. The molecule has 30 heavy (non-hydrogen) atoms. The third kappa shape index (κ3) is 4.15. The molecule has 0 atom stereocenters. The van der Waals surface area contributed by atoms with Gasteiger partial charge in [0.1, 0.15) is 24.2 Å². The number of pyridine rings is 1. The van der Waals surface area contributed by atoms with E-state index in [-0.39, 0.29) is 17.9 Å². The second kappa shape index (κ2) is 7.94. The van der Waals surface area contributed by atoms with E-state index in [9.17, 15) is 28.0 Å². The lowest BCUT2D eigenvalue weighted by atomic mass is 10.2. The van der Waals surface area contributed by atoms with Crippen LogP contribution >= 0.6 is 0 Å². The lowest BCUT2D eigenvalue weighted by Gasteiger charge is -2.13. The van der Waals surface area contributed by atoms with Gasteiger partial charge >= 0.3 is 6.18 Å². The average molecular weight is 418 g/mol. The van der Waals surface area contributed by atoms with E-state index in [4.69, 9.17) is 4.42 Å². The highest BCUT2D eigenvalue weighted by Crippen LogP contribution is 2.29. The fourth-order valence-corrected chi connectivity index (χ4v) is 3.04. The third-order valence-corrected chi connectivity index (χ3v) is 4.72. The molecule has 1 N–H and O–H groups in total. The van der Waals surface area contributed by atoms with E-state index in [1.807, 2.05) is 6.07 Å². The van der Waals surface area contributed by atoms with Crippen LogP contribution < -0.4 is 10.9 Å². The summed E-state index contributed by atoms with van der Waals surface area (Å²) in [5.41, 5.74) is -0.202. The number of amides is 1. The Morgan fingerprint density at radius 3 is 2.60 bits per heavy atom. The number of carbonyl (C=O) groups is 1. The maximum absolute atomic E-state index is 12.9. The maximum atomic E-state index is 12.9. The van der Waals surface area contributed by atoms with Gasteiger partial charge in [-0.05, 0) is 37.6 Å². The summed E-state index contributed by atoms with van der Waals surface area (Å²) in [4.78, 5) is 24.4. The number of nitrogens with zero attached hydrogens (tertiary/aromatic N) is 3. The van der Waals surface area contributed by atoms with Crippen LogP contribution in [0.5, 0.6) is 0 Å². The highest BCUT2D eigenvalue weighted by molar-refractivity contribution is 5.91. The summed E-state index contributed by atoms with van der Waals surface area (Å²) in [5.74, 6) is 0.0298. The van der Waals surface area contributed by atoms with Crippen LogP contribution in [0.15, 0.2) is 45.9 Å². The topological polar surface area (TPSA) is 93.0 Å². The number of furan rings is 1. The molecule has 3 aromatic rings. The fraction of sp³-hybridized carbons (Fsp3) is 0.250. The first-order chi connectivity index (χ1) is 14.1. The average Bonchev–Trinajstić information content (AvgIpc) is 3.26. The molecule has 3 rings (SSSR count). The number of nitriles is 1. The van der Waals surface area contributed by atoms with E-state index in [1.54, 1.807) is 30.5 Å². The van der Waals surface area contributed by atoms with Gasteiger partial charge in [-0.15, -0.1) is 0 Å². The summed E-state index contributed by atoms with van der Waals surface area (Å²) >= 11 is 0. The van der Waals surface area contributed by atoms with Crippen LogP contribution in [0, 0.1) is 25.2 Å². The molecule has 0 unspecified atom stereocenters. The number of halogens is 3. The highest BCUT2D eigenvalue weighted by atomic mass is 19.4. The Morgan fingerprint density at radius 2 is 2.00 bits per heavy atom. The largest absolute Gasteiger partial charge is 0.467 e. The quantitative estimate of drug-likeness (QED) is 0.687. The van der Waals surface area contributed by atoms with Crippen molar-refractivity contribution in [3.05, 3.63) is 75.2 Å². The van der Waals surface area contributed by atoms with Gasteiger partial charge in [-0.1, -0.05) is 0 Å². The van der Waals surface area contributed by atoms with Gasteiger partial charge in [0.2, 0.25) is 5.91 Å². The summed E-state index contributed by atoms with van der Waals surface area (Å²) in [5, 5.41) is 12.1. The molecule has 0 saturated heterocycles. The van der Waals surface area contributed by atoms with Gasteiger partial charge < -0.3 is 18.9 Å². The molecule has 0 aliphatic heterocycles. The molecular formula is C20H17F3N4O3. The Morgan fingerprint density at radius 1 is 1.27 bits per heavy atom. The summed E-state index contributed by atoms with van der Waals surface area (Å²) in [6.07, 6.45) is -2.57. The highest BCUT2D eigenvalue weighted by Gasteiger charge is 2.31. The molecule has 10 heteroatoms. The molecule has 156 valence electrons. The van der Waals surface area contributed by atoms with Gasteiger partial charge in [0.25, 0.3) is 5.56 Å². The van der Waals surface area contributed by atoms with Gasteiger partial charge in [-0.2, -0.15) is 18.4 Å². The zero-order chi connectivity index (χ0) is 22.1. The predicted octanol–water partition coefficient (Wildman–Crippen LogP) is 3.44. The normalized spacial score (nSPS) is 11.3. The molecule has 1 amide bonds. The SMILES string of the molecule is Cc1c(C#N)c(NC(=O)Cn2cc(C(F)(F)F)ccc2=O)n(Cc2ccco2)c1C. The Kier molecular flexibility index (Phi) is 5.56. The van der Waals surface area contributed by atoms with Crippen LogP contribution in [0.2, 0.25) is 0 Å². The molecule has 3 aromatic heterocycles. The molecule has 0 radical (unpaired) electrons. The van der Waals surface area contributed by atoms with Crippen molar-refractivity contribution < 1.29 is 22.4 Å². The van der Waals surface area contributed by atoms with Crippen LogP contribution in [0.1, 0.15) is 28.1 Å². The molecule has 3 heterocycles. The van der Waals surface area contributed by atoms with Crippen LogP contribution in [-0.4, -0.2) is 15.0 Å². The number of hydrogen-bond donors (Lipinski definition) is 1. The van der Waals surface area contributed by atoms with E-state index in [2.05, 4.69) is 5.32 Å². The Labute approximate surface area is 169 Å². The molecule has 0 bridgehead atoms. The molecule has 0 spiro atoms. The van der Waals surface area contributed by atoms with Crippen LogP contribution in [0.25, 0.3) is 0 Å². The minimum atomic E-state index is -4.65. The smallest absolute Gasteiger partial charge is 0.417 e. The minimum absolute atomic E-state index is 0.189. The maximum Gasteiger partial charge on any atom is 0.417 e. The van der Waals surface area contributed by atoms with Crippen molar-refractivity contribution in [3.8, 4) is 6.07 Å². The lowest BCUT2D eigenvalue weighted by Crippen LogP contribution is -2.29. The molecule has 0 saturated carbocycles. The van der Waals surface area contributed by atoms with Crippen molar-refractivity contribution in [2.24, 2.45) is 0 Å². The van der Waals surface area contributed by atoms with E-state index in [0.29, 0.717) is 28.2 Å². The standard InChI is InChI=1S/C20H17F3N4O3/c1-12-13(2)27(10-15-4-3-7-30-15)19(16(12)8-24)25-17(28)11-26-9-14(20(21,22)23)5-6-18(26)29/h3-7,9H,10-11H2,1-2H3,(H,25,28). The first-order valence-corrected chi connectivity index (χ1v) is 8.81. The number of nitrogens with one attached hydrogen (secondary N) is 1. The first-order valence-electron chi connectivity index (χ1n) is 8.81. The molecule has 0 fully saturated rings. The van der Waals surface area contributed by atoms with Gasteiger partial charge in [0.05, 0.1) is 23.9 Å². The monoisotopic (exact) mass is 418 g/mol. The number of carbonyl (C=O) groups excluding carboxylic acids is 1. The van der Waals surface area contributed by atoms with Crippen LogP contribution in [-0.2, 0) is 24.1 Å². The summed E-state index contributed by atoms with van der Waals surface area (Å²) in [6, 6.07) is 6.87. The molecule has 7 nitrogen and oxygen atoms in total. The van der Waals surface area contributed by atoms with Crippen molar-refractivity contribution >= 4 is 11.7 Å². The van der Waals surface area contributed by atoms with E-state index >= 15 is 0 Å². The molecule has 0 aliphatic rings. The molecule has 0 aliphatic carbocycles. The number of alkyl halides is 3. The number of aromatic nitrogens is 2. The second-order valence-corrected chi connectivity index (χ2v) is 6.64. The minimum Gasteiger partial charge on any atom is -0.467 e. The third-order valence-electron chi connectivity index (χ3n) is 4.72. The van der Waals surface area contributed by atoms with Crippen molar-refractivity contribution in [2.75, 3.05) is 5.32 Å². The number of hydrogen-bond acceptors (Lipinski definition) is 4. The summed E-state index contributed by atoms with van der Waals surface area (Å²) < 4.78 is 46.4. The lowest BCUT2D eigenvalue weighted by molar-refractivity contribution is -0.138. The Hall–Kier alpha value is -3.74.